The van der Waals surface area contributed by atoms with Crippen LogP contribution in [0.25, 0.3) is 0 Å². The number of carbonyl (C=O) groups excluding carboxylic acids is 1. The fourth-order valence-electron chi connectivity index (χ4n) is 1.62. The van der Waals surface area contributed by atoms with E-state index in [0.717, 1.165) is 25.9 Å². The summed E-state index contributed by atoms with van der Waals surface area (Å²) in [6, 6.07) is 0. The topological polar surface area (TPSA) is 57.6 Å². The van der Waals surface area contributed by atoms with Gasteiger partial charge in [-0.1, -0.05) is 6.92 Å². The summed E-state index contributed by atoms with van der Waals surface area (Å²) in [5.74, 6) is -1.47. The normalized spacial score (nSPS) is 19.1. The first-order chi connectivity index (χ1) is 6.61. The van der Waals surface area contributed by atoms with Crippen molar-refractivity contribution >= 4 is 11.9 Å². The van der Waals surface area contributed by atoms with E-state index in [2.05, 4.69) is 0 Å². The second-order valence-corrected chi connectivity index (χ2v) is 3.88. The quantitative estimate of drug-likeness (QED) is 0.740. The number of aliphatic carboxylic acids is 1. The van der Waals surface area contributed by atoms with Crippen LogP contribution >= 0.6 is 0 Å². The van der Waals surface area contributed by atoms with Gasteiger partial charge in [0.2, 0.25) is 5.91 Å². The van der Waals surface area contributed by atoms with Crippen LogP contribution in [0.4, 0.5) is 0 Å². The van der Waals surface area contributed by atoms with Gasteiger partial charge in [-0.2, -0.15) is 0 Å². The number of piperidine rings is 1. The first-order valence-corrected chi connectivity index (χ1v) is 5.12. The maximum atomic E-state index is 11.6. The van der Waals surface area contributed by atoms with Crippen LogP contribution in [0, 0.1) is 5.92 Å². The number of hydrogen-bond donors (Lipinski definition) is 1. The number of carboxylic acids is 1. The first-order valence-electron chi connectivity index (χ1n) is 5.12. The van der Waals surface area contributed by atoms with Crippen LogP contribution < -0.4 is 0 Å². The van der Waals surface area contributed by atoms with Crippen LogP contribution in [0.3, 0.4) is 0 Å². The minimum Gasteiger partial charge on any atom is -0.481 e. The standard InChI is InChI=1S/C10H17NO3/c1-8(10(13)14)7-9(12)11-5-3-2-4-6-11/h8H,2-7H2,1H3,(H,13,14). The van der Waals surface area contributed by atoms with E-state index in [0.29, 0.717) is 0 Å². The Balaban J connectivity index is 2.36. The molecule has 80 valence electrons. The van der Waals surface area contributed by atoms with E-state index in [1.807, 2.05) is 0 Å². The number of amides is 1. The van der Waals surface area contributed by atoms with Crippen LogP contribution in [-0.2, 0) is 9.59 Å². The number of hydrogen-bond acceptors (Lipinski definition) is 2. The Hall–Kier alpha value is -1.06. The second-order valence-electron chi connectivity index (χ2n) is 3.88. The third kappa shape index (κ3) is 3.01. The molecular formula is C10H17NO3. The average Bonchev–Trinajstić information content (AvgIpc) is 2.19. The number of carboxylic acid groups (broad SMARTS) is 1. The zero-order valence-corrected chi connectivity index (χ0v) is 8.53. The molecule has 14 heavy (non-hydrogen) atoms. The summed E-state index contributed by atoms with van der Waals surface area (Å²) in [4.78, 5) is 23.9. The lowest BCUT2D eigenvalue weighted by atomic mass is 10.1. The van der Waals surface area contributed by atoms with Crippen LogP contribution in [0.1, 0.15) is 32.6 Å². The molecule has 1 fully saturated rings. The van der Waals surface area contributed by atoms with Gasteiger partial charge < -0.3 is 10.0 Å². The molecule has 0 aromatic rings. The SMILES string of the molecule is CC(CC(=O)N1CCCCC1)C(=O)O. The van der Waals surface area contributed by atoms with Crippen molar-refractivity contribution in [2.45, 2.75) is 32.6 Å². The lowest BCUT2D eigenvalue weighted by Gasteiger charge is -2.27. The predicted octanol–water partition coefficient (Wildman–Crippen LogP) is 1.11. The number of rotatable bonds is 3. The molecule has 1 amide bonds. The van der Waals surface area contributed by atoms with Crippen LogP contribution in [0.15, 0.2) is 0 Å². The Morgan fingerprint density at radius 2 is 1.86 bits per heavy atom. The summed E-state index contributed by atoms with van der Waals surface area (Å²) in [7, 11) is 0. The fourth-order valence-corrected chi connectivity index (χ4v) is 1.62. The zero-order chi connectivity index (χ0) is 10.6. The average molecular weight is 199 g/mol. The van der Waals surface area contributed by atoms with Crippen molar-refractivity contribution in [3.05, 3.63) is 0 Å². The lowest BCUT2D eigenvalue weighted by molar-refractivity contribution is -0.145. The summed E-state index contributed by atoms with van der Waals surface area (Å²) < 4.78 is 0. The van der Waals surface area contributed by atoms with Crippen LogP contribution in [0.2, 0.25) is 0 Å². The highest BCUT2D eigenvalue weighted by Gasteiger charge is 2.21. The minimum absolute atomic E-state index is 0.0143. The Morgan fingerprint density at radius 3 is 2.36 bits per heavy atom. The van der Waals surface area contributed by atoms with Gasteiger partial charge in [-0.25, -0.2) is 0 Å². The first kappa shape index (κ1) is 11.0. The fraction of sp³-hybridized carbons (Fsp3) is 0.800. The van der Waals surface area contributed by atoms with Crippen LogP contribution in [-0.4, -0.2) is 35.0 Å². The van der Waals surface area contributed by atoms with Crippen molar-refractivity contribution in [2.75, 3.05) is 13.1 Å². The third-order valence-corrected chi connectivity index (χ3v) is 2.61. The van der Waals surface area contributed by atoms with Gasteiger partial charge in [0.15, 0.2) is 0 Å². The van der Waals surface area contributed by atoms with Crippen molar-refractivity contribution in [3.63, 3.8) is 0 Å². The molecule has 1 aliphatic rings. The van der Waals surface area contributed by atoms with E-state index in [1.165, 1.54) is 6.42 Å². The monoisotopic (exact) mass is 199 g/mol. The molecule has 1 atom stereocenters. The van der Waals surface area contributed by atoms with Gasteiger partial charge in [-0.15, -0.1) is 0 Å². The minimum atomic E-state index is -0.893. The smallest absolute Gasteiger partial charge is 0.306 e. The molecule has 0 bridgehead atoms. The molecule has 4 heteroatoms. The maximum Gasteiger partial charge on any atom is 0.306 e. The van der Waals surface area contributed by atoms with E-state index >= 15 is 0 Å². The summed E-state index contributed by atoms with van der Waals surface area (Å²) >= 11 is 0. The molecular weight excluding hydrogens is 182 g/mol. The molecule has 0 radical (unpaired) electrons. The van der Waals surface area contributed by atoms with Crippen molar-refractivity contribution < 1.29 is 14.7 Å². The van der Waals surface area contributed by atoms with Gasteiger partial charge in [0.25, 0.3) is 0 Å². The zero-order valence-electron chi connectivity index (χ0n) is 8.53. The summed E-state index contributed by atoms with van der Waals surface area (Å²) in [5, 5.41) is 8.66. The number of likely N-dealkylation sites (tertiary alicyclic amines) is 1. The predicted molar refractivity (Wildman–Crippen MR) is 51.8 cm³/mol. The molecule has 1 aliphatic heterocycles. The molecule has 0 aromatic carbocycles. The lowest BCUT2D eigenvalue weighted by Crippen LogP contribution is -2.37. The molecule has 1 unspecified atom stereocenters. The Labute approximate surface area is 83.9 Å². The highest BCUT2D eigenvalue weighted by atomic mass is 16.4. The van der Waals surface area contributed by atoms with Crippen molar-refractivity contribution in [1.29, 1.82) is 0 Å². The van der Waals surface area contributed by atoms with E-state index < -0.39 is 11.9 Å². The molecule has 1 heterocycles. The maximum absolute atomic E-state index is 11.6. The number of carbonyl (C=O) groups is 2. The third-order valence-electron chi connectivity index (χ3n) is 2.61. The molecule has 0 saturated carbocycles. The van der Waals surface area contributed by atoms with Crippen molar-refractivity contribution in [3.8, 4) is 0 Å². The van der Waals surface area contributed by atoms with Gasteiger partial charge in [0, 0.05) is 19.5 Å². The highest BCUT2D eigenvalue weighted by Crippen LogP contribution is 2.12. The van der Waals surface area contributed by atoms with Crippen LogP contribution in [0.5, 0.6) is 0 Å². The van der Waals surface area contributed by atoms with E-state index in [4.69, 9.17) is 5.11 Å². The van der Waals surface area contributed by atoms with Crippen molar-refractivity contribution in [2.24, 2.45) is 5.92 Å². The summed E-state index contributed by atoms with van der Waals surface area (Å²) in [6.45, 7) is 3.17. The molecule has 1 saturated heterocycles. The van der Waals surface area contributed by atoms with Gasteiger partial charge >= 0.3 is 5.97 Å². The van der Waals surface area contributed by atoms with Gasteiger partial charge in [0.1, 0.15) is 0 Å². The Morgan fingerprint density at radius 1 is 1.29 bits per heavy atom. The van der Waals surface area contributed by atoms with E-state index in [1.54, 1.807) is 11.8 Å². The van der Waals surface area contributed by atoms with Gasteiger partial charge in [0.05, 0.1) is 5.92 Å². The van der Waals surface area contributed by atoms with Gasteiger partial charge in [-0.3, -0.25) is 9.59 Å². The number of nitrogens with zero attached hydrogens (tertiary/aromatic N) is 1. The van der Waals surface area contributed by atoms with E-state index in [-0.39, 0.29) is 12.3 Å². The summed E-state index contributed by atoms with van der Waals surface area (Å²) in [5.41, 5.74) is 0. The largest absolute Gasteiger partial charge is 0.481 e. The second kappa shape index (κ2) is 4.98. The molecule has 0 aliphatic carbocycles. The molecule has 1 rings (SSSR count). The van der Waals surface area contributed by atoms with E-state index in [9.17, 15) is 9.59 Å². The van der Waals surface area contributed by atoms with Crippen molar-refractivity contribution in [1.82, 2.24) is 4.90 Å². The molecule has 0 spiro atoms. The highest BCUT2D eigenvalue weighted by molar-refractivity contribution is 5.82. The summed E-state index contributed by atoms with van der Waals surface area (Å²) in [6.07, 6.45) is 3.41. The molecule has 1 N–H and O–H groups in total. The molecule has 0 aromatic heterocycles. The molecule has 4 nitrogen and oxygen atoms in total. The Kier molecular flexibility index (Phi) is 3.92. The Bertz CT molecular complexity index is 221. The van der Waals surface area contributed by atoms with Gasteiger partial charge in [-0.05, 0) is 19.3 Å².